The lowest BCUT2D eigenvalue weighted by Gasteiger charge is -2.06. The normalized spacial score (nSPS) is 9.67. The first kappa shape index (κ1) is 8.37. The van der Waals surface area contributed by atoms with Crippen LogP contribution in [0.5, 0.6) is 0 Å². The van der Waals surface area contributed by atoms with Crippen LogP contribution >= 0.6 is 0 Å². The average molecular weight is 127 g/mol. The minimum atomic E-state index is 0.670. The molecule has 52 valence electrons. The van der Waals surface area contributed by atoms with Gasteiger partial charge in [0.05, 0.1) is 0 Å². The third-order valence-corrected chi connectivity index (χ3v) is 1.05. The molecule has 0 saturated heterocycles. The van der Waals surface area contributed by atoms with Crippen LogP contribution in [0.4, 0.5) is 0 Å². The summed E-state index contributed by atoms with van der Waals surface area (Å²) in [5.74, 6) is 0. The minimum absolute atomic E-state index is 0.670. The summed E-state index contributed by atoms with van der Waals surface area (Å²) in [5, 5.41) is 0. The van der Waals surface area contributed by atoms with Crippen LogP contribution in [0.3, 0.4) is 0 Å². The van der Waals surface area contributed by atoms with Crippen molar-refractivity contribution < 1.29 is 4.79 Å². The molecule has 0 rings (SSSR count). The molecule has 2 heteroatoms. The van der Waals surface area contributed by atoms with Gasteiger partial charge < -0.3 is 4.90 Å². The second-order valence-corrected chi connectivity index (χ2v) is 2.33. The molecule has 0 radical (unpaired) electrons. The van der Waals surface area contributed by atoms with Gasteiger partial charge in [0.2, 0.25) is 0 Å². The Hall–Kier alpha value is -0.630. The first-order valence-corrected chi connectivity index (χ1v) is 2.94. The zero-order chi connectivity index (χ0) is 7.28. The van der Waals surface area contributed by atoms with Crippen LogP contribution in [0.25, 0.3) is 0 Å². The van der Waals surface area contributed by atoms with E-state index in [2.05, 4.69) is 6.58 Å². The van der Waals surface area contributed by atoms with Crippen molar-refractivity contribution in [2.45, 2.75) is 6.42 Å². The van der Waals surface area contributed by atoms with Gasteiger partial charge in [0.25, 0.3) is 0 Å². The number of carbonyl (C=O) groups is 1. The van der Waals surface area contributed by atoms with Gasteiger partial charge in [-0.3, -0.25) is 4.79 Å². The lowest BCUT2D eigenvalue weighted by molar-refractivity contribution is -0.105. The number of nitrogens with zero attached hydrogens (tertiary/aromatic N) is 1. The molecule has 0 aliphatic heterocycles. The number of rotatable bonds is 4. The van der Waals surface area contributed by atoms with E-state index in [0.29, 0.717) is 5.57 Å². The van der Waals surface area contributed by atoms with Crippen molar-refractivity contribution in [1.29, 1.82) is 0 Å². The predicted octanol–water partition coefficient (Wildman–Crippen LogP) is 0.693. The molecular weight excluding hydrogens is 114 g/mol. The van der Waals surface area contributed by atoms with Crippen LogP contribution in [0.1, 0.15) is 6.42 Å². The van der Waals surface area contributed by atoms with Crippen molar-refractivity contribution in [3.8, 4) is 0 Å². The van der Waals surface area contributed by atoms with Crippen LogP contribution in [0.2, 0.25) is 0 Å². The summed E-state index contributed by atoms with van der Waals surface area (Å²) < 4.78 is 0. The standard InChI is InChI=1S/C7H13NO/c1-7(6-9)4-5-8(2)3/h6H,1,4-5H2,2-3H3. The Labute approximate surface area is 56.2 Å². The van der Waals surface area contributed by atoms with Gasteiger partial charge in [-0.25, -0.2) is 0 Å². The van der Waals surface area contributed by atoms with Gasteiger partial charge in [0.1, 0.15) is 6.29 Å². The Balaban J connectivity index is 3.27. The van der Waals surface area contributed by atoms with Gasteiger partial charge in [-0.15, -0.1) is 0 Å². The van der Waals surface area contributed by atoms with E-state index in [1.165, 1.54) is 0 Å². The molecule has 0 aliphatic carbocycles. The van der Waals surface area contributed by atoms with Crippen molar-refractivity contribution in [2.24, 2.45) is 0 Å². The molecule has 2 nitrogen and oxygen atoms in total. The third kappa shape index (κ3) is 5.24. The van der Waals surface area contributed by atoms with Gasteiger partial charge in [0.15, 0.2) is 0 Å². The van der Waals surface area contributed by atoms with Gasteiger partial charge in [-0.2, -0.15) is 0 Å². The molecule has 0 atom stereocenters. The Bertz CT molecular complexity index is 107. The Morgan fingerprint density at radius 1 is 1.67 bits per heavy atom. The molecule has 0 amide bonds. The van der Waals surface area contributed by atoms with Crippen molar-refractivity contribution >= 4 is 6.29 Å². The maximum atomic E-state index is 10.00. The van der Waals surface area contributed by atoms with Gasteiger partial charge >= 0.3 is 0 Å². The minimum Gasteiger partial charge on any atom is -0.309 e. The molecule has 0 aromatic carbocycles. The molecule has 0 heterocycles. The van der Waals surface area contributed by atoms with Gasteiger partial charge in [-0.05, 0) is 26.1 Å². The second-order valence-electron chi connectivity index (χ2n) is 2.33. The summed E-state index contributed by atoms with van der Waals surface area (Å²) in [7, 11) is 3.94. The molecule has 0 aromatic rings. The van der Waals surface area contributed by atoms with Crippen LogP contribution in [-0.4, -0.2) is 31.8 Å². The van der Waals surface area contributed by atoms with E-state index in [9.17, 15) is 4.79 Å². The largest absolute Gasteiger partial charge is 0.309 e. The van der Waals surface area contributed by atoms with E-state index >= 15 is 0 Å². The fraction of sp³-hybridized carbons (Fsp3) is 0.571. The molecule has 9 heavy (non-hydrogen) atoms. The second kappa shape index (κ2) is 4.27. The van der Waals surface area contributed by atoms with Crippen LogP contribution in [-0.2, 0) is 4.79 Å². The zero-order valence-corrected chi connectivity index (χ0v) is 6.05. The third-order valence-electron chi connectivity index (χ3n) is 1.05. The molecule has 0 aliphatic rings. The topological polar surface area (TPSA) is 20.3 Å². The molecule has 0 spiro atoms. The maximum absolute atomic E-state index is 10.00. The smallest absolute Gasteiger partial charge is 0.145 e. The highest BCUT2D eigenvalue weighted by Gasteiger charge is 1.91. The number of hydrogen-bond donors (Lipinski definition) is 0. The predicted molar refractivity (Wildman–Crippen MR) is 38.4 cm³/mol. The van der Waals surface area contributed by atoms with E-state index in [1.807, 2.05) is 19.0 Å². The van der Waals surface area contributed by atoms with E-state index in [1.54, 1.807) is 0 Å². The summed E-state index contributed by atoms with van der Waals surface area (Å²) in [5.41, 5.74) is 0.670. The van der Waals surface area contributed by atoms with Crippen LogP contribution in [0.15, 0.2) is 12.2 Å². The SMILES string of the molecule is C=C(C=O)CCN(C)C. The summed E-state index contributed by atoms with van der Waals surface area (Å²) in [6.07, 6.45) is 1.58. The van der Waals surface area contributed by atoms with E-state index < -0.39 is 0 Å². The van der Waals surface area contributed by atoms with Crippen LogP contribution in [0, 0.1) is 0 Å². The first-order valence-electron chi connectivity index (χ1n) is 2.94. The number of carbonyl (C=O) groups excluding carboxylic acids is 1. The number of aldehydes is 1. The molecule has 0 unspecified atom stereocenters. The fourth-order valence-corrected chi connectivity index (χ4v) is 0.426. The molecule has 0 saturated carbocycles. The van der Waals surface area contributed by atoms with E-state index in [4.69, 9.17) is 0 Å². The van der Waals surface area contributed by atoms with E-state index in [0.717, 1.165) is 19.3 Å². The lowest BCUT2D eigenvalue weighted by atomic mass is 10.2. The Kier molecular flexibility index (Phi) is 3.97. The molecule has 0 N–H and O–H groups in total. The summed E-state index contributed by atoms with van der Waals surface area (Å²) in [6.45, 7) is 4.45. The summed E-state index contributed by atoms with van der Waals surface area (Å²) in [4.78, 5) is 12.0. The first-order chi connectivity index (χ1) is 4.16. The molecule has 0 fully saturated rings. The van der Waals surface area contributed by atoms with Crippen molar-refractivity contribution in [2.75, 3.05) is 20.6 Å². The maximum Gasteiger partial charge on any atom is 0.145 e. The fourth-order valence-electron chi connectivity index (χ4n) is 0.426. The highest BCUT2D eigenvalue weighted by Crippen LogP contribution is 1.92. The molecule has 0 aromatic heterocycles. The van der Waals surface area contributed by atoms with Gasteiger partial charge in [0, 0.05) is 6.54 Å². The highest BCUT2D eigenvalue weighted by molar-refractivity contribution is 5.71. The quantitative estimate of drug-likeness (QED) is 0.409. The highest BCUT2D eigenvalue weighted by atomic mass is 16.1. The zero-order valence-electron chi connectivity index (χ0n) is 6.05. The Morgan fingerprint density at radius 3 is 2.56 bits per heavy atom. The van der Waals surface area contributed by atoms with Crippen LogP contribution < -0.4 is 0 Å². The number of hydrogen-bond acceptors (Lipinski definition) is 2. The van der Waals surface area contributed by atoms with E-state index in [-0.39, 0.29) is 0 Å². The summed E-state index contributed by atoms with van der Waals surface area (Å²) in [6, 6.07) is 0. The van der Waals surface area contributed by atoms with Crippen molar-refractivity contribution in [3.05, 3.63) is 12.2 Å². The Morgan fingerprint density at radius 2 is 2.22 bits per heavy atom. The van der Waals surface area contributed by atoms with Gasteiger partial charge in [-0.1, -0.05) is 6.58 Å². The lowest BCUT2D eigenvalue weighted by Crippen LogP contribution is -2.13. The summed E-state index contributed by atoms with van der Waals surface area (Å²) >= 11 is 0. The van der Waals surface area contributed by atoms with Crippen molar-refractivity contribution in [1.82, 2.24) is 4.90 Å². The molecule has 0 bridgehead atoms. The monoisotopic (exact) mass is 127 g/mol. The van der Waals surface area contributed by atoms with Crippen molar-refractivity contribution in [3.63, 3.8) is 0 Å². The molecular formula is C7H13NO. The average Bonchev–Trinajstić information content (AvgIpc) is 1.83.